The van der Waals surface area contributed by atoms with Gasteiger partial charge in [-0.05, 0) is 31.9 Å². The zero-order valence-electron chi connectivity index (χ0n) is 11.2. The van der Waals surface area contributed by atoms with Crippen LogP contribution in [-0.4, -0.2) is 41.0 Å². The third-order valence-corrected chi connectivity index (χ3v) is 3.44. The van der Waals surface area contributed by atoms with Crippen LogP contribution in [0.25, 0.3) is 0 Å². The van der Waals surface area contributed by atoms with Crippen molar-refractivity contribution in [2.24, 2.45) is 0 Å². The molecule has 1 aliphatic heterocycles. The smallest absolute Gasteiger partial charge is 0.319 e. The highest BCUT2D eigenvalue weighted by Gasteiger charge is 2.24. The second kappa shape index (κ2) is 6.56. The van der Waals surface area contributed by atoms with Gasteiger partial charge in [-0.1, -0.05) is 11.6 Å². The normalized spacial score (nSPS) is 15.8. The fraction of sp³-hybridized carbons (Fsp3) is 0.462. The molecule has 7 heteroatoms. The van der Waals surface area contributed by atoms with Gasteiger partial charge in [-0.2, -0.15) is 0 Å². The Bertz CT molecular complexity index is 503. The van der Waals surface area contributed by atoms with Crippen molar-refractivity contribution in [3.8, 4) is 0 Å². The van der Waals surface area contributed by atoms with E-state index in [4.69, 9.17) is 11.6 Å². The molecule has 1 fully saturated rings. The number of hydrogen-bond acceptors (Lipinski definition) is 3. The Hall–Kier alpha value is -1.82. The quantitative estimate of drug-likeness (QED) is 0.836. The number of likely N-dealkylation sites (tertiary alicyclic amines) is 1. The third kappa shape index (κ3) is 3.60. The first-order valence-corrected chi connectivity index (χ1v) is 6.92. The molecule has 108 valence electrons. The van der Waals surface area contributed by atoms with E-state index in [1.165, 1.54) is 6.20 Å². The van der Waals surface area contributed by atoms with E-state index in [1.807, 2.05) is 0 Å². The van der Waals surface area contributed by atoms with Gasteiger partial charge in [-0.3, -0.25) is 4.79 Å². The number of rotatable bonds is 3. The van der Waals surface area contributed by atoms with Crippen molar-refractivity contribution in [1.82, 2.24) is 15.2 Å². The maximum absolute atomic E-state index is 12.0. The van der Waals surface area contributed by atoms with E-state index in [2.05, 4.69) is 15.6 Å². The molecule has 3 amide bonds. The summed E-state index contributed by atoms with van der Waals surface area (Å²) in [5.41, 5.74) is 0.410. The van der Waals surface area contributed by atoms with E-state index in [0.29, 0.717) is 5.69 Å². The zero-order chi connectivity index (χ0) is 14.5. The van der Waals surface area contributed by atoms with E-state index < -0.39 is 12.1 Å². The Morgan fingerprint density at radius 1 is 1.40 bits per heavy atom. The molecular formula is C13H17ClN4O2. The van der Waals surface area contributed by atoms with Crippen molar-refractivity contribution < 1.29 is 9.59 Å². The first-order chi connectivity index (χ1) is 9.58. The molecule has 0 radical (unpaired) electrons. The Morgan fingerprint density at radius 2 is 2.10 bits per heavy atom. The number of urea groups is 1. The van der Waals surface area contributed by atoms with Crippen molar-refractivity contribution in [1.29, 1.82) is 0 Å². The van der Waals surface area contributed by atoms with Crippen LogP contribution in [0.15, 0.2) is 18.3 Å². The van der Waals surface area contributed by atoms with Crippen LogP contribution in [0.4, 0.5) is 10.5 Å². The second-order valence-electron chi connectivity index (χ2n) is 4.69. The molecule has 0 saturated carbocycles. The molecule has 0 bridgehead atoms. The van der Waals surface area contributed by atoms with Crippen molar-refractivity contribution in [3.05, 3.63) is 23.5 Å². The van der Waals surface area contributed by atoms with E-state index in [0.717, 1.165) is 25.9 Å². The molecule has 2 rings (SSSR count). The maximum atomic E-state index is 12.0. The number of carbonyl (C=O) groups excluding carboxylic acids is 2. The first-order valence-electron chi connectivity index (χ1n) is 6.55. The molecule has 0 aliphatic carbocycles. The van der Waals surface area contributed by atoms with Crippen LogP contribution in [0.2, 0.25) is 5.15 Å². The minimum absolute atomic E-state index is 0.0602. The highest BCUT2D eigenvalue weighted by molar-refractivity contribution is 6.32. The first kappa shape index (κ1) is 14.6. The number of amides is 3. The van der Waals surface area contributed by atoms with E-state index in [1.54, 1.807) is 24.0 Å². The van der Waals surface area contributed by atoms with Crippen LogP contribution in [0.1, 0.15) is 19.8 Å². The van der Waals surface area contributed by atoms with Crippen LogP contribution in [-0.2, 0) is 4.79 Å². The van der Waals surface area contributed by atoms with Crippen molar-refractivity contribution in [2.45, 2.75) is 25.8 Å². The minimum Gasteiger partial charge on any atom is -0.341 e. The lowest BCUT2D eigenvalue weighted by molar-refractivity contribution is -0.131. The molecule has 20 heavy (non-hydrogen) atoms. The van der Waals surface area contributed by atoms with Gasteiger partial charge in [-0.25, -0.2) is 9.78 Å². The van der Waals surface area contributed by atoms with Crippen LogP contribution >= 0.6 is 11.6 Å². The number of aromatic nitrogens is 1. The average molecular weight is 297 g/mol. The summed E-state index contributed by atoms with van der Waals surface area (Å²) in [6, 6.07) is 2.27. The lowest BCUT2D eigenvalue weighted by Crippen LogP contribution is -2.47. The van der Waals surface area contributed by atoms with E-state index >= 15 is 0 Å². The zero-order valence-corrected chi connectivity index (χ0v) is 12.0. The lowest BCUT2D eigenvalue weighted by Gasteiger charge is -2.21. The molecule has 1 aliphatic rings. The average Bonchev–Trinajstić information content (AvgIpc) is 2.94. The Balaban J connectivity index is 1.87. The van der Waals surface area contributed by atoms with Gasteiger partial charge in [0.05, 0.1) is 5.69 Å². The molecule has 1 atom stereocenters. The molecule has 6 nitrogen and oxygen atoms in total. The number of hydrogen-bond donors (Lipinski definition) is 2. The Morgan fingerprint density at radius 3 is 2.75 bits per heavy atom. The topological polar surface area (TPSA) is 74.3 Å². The number of anilines is 1. The molecular weight excluding hydrogens is 280 g/mol. The van der Waals surface area contributed by atoms with Gasteiger partial charge in [0, 0.05) is 19.3 Å². The number of nitrogens with one attached hydrogen (secondary N) is 2. The summed E-state index contributed by atoms with van der Waals surface area (Å²) in [6.45, 7) is 3.20. The molecule has 1 aromatic heterocycles. The molecule has 2 heterocycles. The SMILES string of the molecule is C[C@@H](NC(=O)Nc1cccnc1Cl)C(=O)N1CCCC1. The minimum atomic E-state index is -0.566. The third-order valence-electron chi connectivity index (χ3n) is 3.14. The predicted molar refractivity (Wildman–Crippen MR) is 76.7 cm³/mol. The van der Waals surface area contributed by atoms with Gasteiger partial charge in [0.2, 0.25) is 5.91 Å². The number of pyridine rings is 1. The molecule has 0 spiro atoms. The number of halogens is 1. The highest BCUT2D eigenvalue weighted by atomic mass is 35.5. The summed E-state index contributed by atoms with van der Waals surface area (Å²) < 4.78 is 0. The Labute approximate surface area is 122 Å². The van der Waals surface area contributed by atoms with Gasteiger partial charge >= 0.3 is 6.03 Å². The number of carbonyl (C=O) groups is 2. The summed E-state index contributed by atoms with van der Waals surface area (Å²) in [5.74, 6) is -0.0602. The molecule has 2 N–H and O–H groups in total. The number of nitrogens with zero attached hydrogens (tertiary/aromatic N) is 2. The van der Waals surface area contributed by atoms with Gasteiger partial charge < -0.3 is 15.5 Å². The van der Waals surface area contributed by atoms with Gasteiger partial charge in [-0.15, -0.1) is 0 Å². The fourth-order valence-corrected chi connectivity index (χ4v) is 2.27. The Kier molecular flexibility index (Phi) is 4.79. The van der Waals surface area contributed by atoms with Crippen LogP contribution < -0.4 is 10.6 Å². The van der Waals surface area contributed by atoms with Crippen LogP contribution in [0.3, 0.4) is 0 Å². The fourth-order valence-electron chi connectivity index (χ4n) is 2.11. The highest BCUT2D eigenvalue weighted by Crippen LogP contribution is 2.17. The van der Waals surface area contributed by atoms with Gasteiger partial charge in [0.15, 0.2) is 5.15 Å². The standard InChI is InChI=1S/C13H17ClN4O2/c1-9(12(19)18-7-2-3-8-18)16-13(20)17-10-5-4-6-15-11(10)14/h4-6,9H,2-3,7-8H2,1H3,(H2,16,17,20)/t9-/m1/s1. The van der Waals surface area contributed by atoms with Gasteiger partial charge in [0.25, 0.3) is 0 Å². The molecule has 1 aromatic rings. The summed E-state index contributed by atoms with van der Waals surface area (Å²) >= 11 is 5.84. The monoisotopic (exact) mass is 296 g/mol. The lowest BCUT2D eigenvalue weighted by atomic mass is 10.3. The van der Waals surface area contributed by atoms with E-state index in [-0.39, 0.29) is 11.1 Å². The molecule has 0 aromatic carbocycles. The van der Waals surface area contributed by atoms with Crippen LogP contribution in [0.5, 0.6) is 0 Å². The summed E-state index contributed by atoms with van der Waals surface area (Å²) in [7, 11) is 0. The largest absolute Gasteiger partial charge is 0.341 e. The van der Waals surface area contributed by atoms with Crippen LogP contribution in [0, 0.1) is 0 Å². The predicted octanol–water partition coefficient (Wildman–Crippen LogP) is 1.87. The summed E-state index contributed by atoms with van der Waals surface area (Å²) in [4.78, 5) is 29.5. The maximum Gasteiger partial charge on any atom is 0.319 e. The molecule has 0 unspecified atom stereocenters. The summed E-state index contributed by atoms with van der Waals surface area (Å²) in [6.07, 6.45) is 3.58. The molecule has 1 saturated heterocycles. The van der Waals surface area contributed by atoms with Gasteiger partial charge in [0.1, 0.15) is 6.04 Å². The van der Waals surface area contributed by atoms with Crippen molar-refractivity contribution in [2.75, 3.05) is 18.4 Å². The van der Waals surface area contributed by atoms with Crippen molar-refractivity contribution >= 4 is 29.2 Å². The van der Waals surface area contributed by atoms with E-state index in [9.17, 15) is 9.59 Å². The summed E-state index contributed by atoms with van der Waals surface area (Å²) in [5, 5.41) is 5.39. The van der Waals surface area contributed by atoms with Crippen molar-refractivity contribution in [3.63, 3.8) is 0 Å². The second-order valence-corrected chi connectivity index (χ2v) is 5.05.